The third-order valence-corrected chi connectivity index (χ3v) is 4.68. The average molecular weight is 303 g/mol. The fraction of sp³-hybridized carbons (Fsp3) is 0.500. The van der Waals surface area contributed by atoms with E-state index in [4.69, 9.17) is 0 Å². The minimum atomic E-state index is -4.13. The van der Waals surface area contributed by atoms with E-state index in [0.717, 1.165) is 5.69 Å². The third-order valence-electron chi connectivity index (χ3n) is 3.89. The summed E-state index contributed by atoms with van der Waals surface area (Å²) >= 11 is 0. The van der Waals surface area contributed by atoms with Crippen LogP contribution in [0.5, 0.6) is 0 Å². The van der Waals surface area contributed by atoms with Gasteiger partial charge in [0.1, 0.15) is 12.2 Å². The Labute approximate surface area is 142 Å². The molecule has 1 heterocycles. The van der Waals surface area contributed by atoms with Gasteiger partial charge in [-0.25, -0.2) is 13.0 Å². The fourth-order valence-electron chi connectivity index (χ4n) is 2.56. The number of hydrogen-bond donors (Lipinski definition) is 0. The number of rotatable bonds is 4. The van der Waals surface area contributed by atoms with E-state index in [2.05, 4.69) is 24.5 Å². The molecule has 1 aromatic rings. The molecule has 1 aromatic carbocycles. The zero-order valence-electron chi connectivity index (χ0n) is 12.4. The predicted molar refractivity (Wildman–Crippen MR) is 73.0 cm³/mol. The van der Waals surface area contributed by atoms with Crippen LogP contribution in [0.15, 0.2) is 18.2 Å². The summed E-state index contributed by atoms with van der Waals surface area (Å²) in [6.07, 6.45) is 0.345. The van der Waals surface area contributed by atoms with Gasteiger partial charge in [0.15, 0.2) is 5.71 Å². The van der Waals surface area contributed by atoms with E-state index in [-0.39, 0.29) is 40.7 Å². The molecule has 0 unspecified atom stereocenters. The number of fused-ring (bicyclic) bond motifs is 1. The first-order chi connectivity index (χ1) is 8.73. The van der Waals surface area contributed by atoms with Crippen molar-refractivity contribution < 1.29 is 47.1 Å². The van der Waals surface area contributed by atoms with Crippen molar-refractivity contribution in [2.24, 2.45) is 0 Å². The van der Waals surface area contributed by atoms with Gasteiger partial charge < -0.3 is 4.55 Å². The molecule has 0 aromatic heterocycles. The van der Waals surface area contributed by atoms with Crippen molar-refractivity contribution in [3.63, 3.8) is 0 Å². The molecule has 104 valence electrons. The predicted octanol–water partition coefficient (Wildman–Crippen LogP) is -1.18. The average Bonchev–Trinajstić information content (AvgIpc) is 2.50. The summed E-state index contributed by atoms with van der Waals surface area (Å²) in [7, 11) is -4.13. The Hall–Kier alpha value is -0.200. The molecule has 0 aliphatic carbocycles. The van der Waals surface area contributed by atoms with Crippen LogP contribution >= 0.6 is 0 Å². The molecule has 0 saturated heterocycles. The van der Waals surface area contributed by atoms with Crippen LogP contribution in [-0.2, 0) is 15.5 Å². The van der Waals surface area contributed by atoms with Crippen molar-refractivity contribution in [3.05, 3.63) is 29.8 Å². The number of hydrogen-bond acceptors (Lipinski definition) is 3. The Morgan fingerprint density at radius 2 is 2.05 bits per heavy atom. The molecule has 0 N–H and O–H groups in total. The van der Waals surface area contributed by atoms with E-state index in [9.17, 15) is 13.0 Å². The van der Waals surface area contributed by atoms with E-state index in [1.54, 1.807) is 0 Å². The van der Waals surface area contributed by atoms with Gasteiger partial charge in [-0.05, 0) is 0 Å². The molecule has 1 aliphatic heterocycles. The van der Waals surface area contributed by atoms with Gasteiger partial charge in [-0.1, -0.05) is 19.4 Å². The molecule has 0 atom stereocenters. The Morgan fingerprint density at radius 3 is 2.65 bits per heavy atom. The molecule has 4 nitrogen and oxygen atoms in total. The Morgan fingerprint density at radius 1 is 1.40 bits per heavy atom. The number of benzene rings is 1. The van der Waals surface area contributed by atoms with Crippen LogP contribution in [0, 0.1) is 6.07 Å². The van der Waals surface area contributed by atoms with Gasteiger partial charge in [-0.15, -0.1) is 6.07 Å². The van der Waals surface area contributed by atoms with Crippen LogP contribution in [0.25, 0.3) is 0 Å². The Bertz CT molecular complexity index is 636. The monoisotopic (exact) mass is 303 g/mol. The molecular weight excluding hydrogens is 285 g/mol. The van der Waals surface area contributed by atoms with E-state index >= 15 is 0 Å². The summed E-state index contributed by atoms with van der Waals surface area (Å²) in [5.41, 5.74) is 3.37. The summed E-state index contributed by atoms with van der Waals surface area (Å²) < 4.78 is 34.1. The van der Waals surface area contributed by atoms with Crippen molar-refractivity contribution in [1.82, 2.24) is 0 Å². The summed E-state index contributed by atoms with van der Waals surface area (Å²) in [4.78, 5) is 0. The van der Waals surface area contributed by atoms with Crippen LogP contribution in [-0.4, -0.2) is 35.6 Å². The van der Waals surface area contributed by atoms with Crippen LogP contribution in [0.3, 0.4) is 0 Å². The van der Waals surface area contributed by atoms with Crippen molar-refractivity contribution in [3.8, 4) is 0 Å². The van der Waals surface area contributed by atoms with Gasteiger partial charge in [0.25, 0.3) is 0 Å². The van der Waals surface area contributed by atoms with Gasteiger partial charge >= 0.3 is 29.6 Å². The van der Waals surface area contributed by atoms with Gasteiger partial charge in [-0.3, -0.25) is 0 Å². The standard InChI is InChI=1S/C14H19NO3S.Na/c1-11-14(2,3)12-7-4-5-8-13(12)15(11)9-6-10-19(16,17)18;/h5,7-8H,6,9-10H2,1-3H3,(H,16,17,18);/q;+1/p-1. The summed E-state index contributed by atoms with van der Waals surface area (Å²) in [5.74, 6) is -0.314. The molecular formula is C14H18NNaO3S. The minimum Gasteiger partial charge on any atom is -0.748 e. The second kappa shape index (κ2) is 6.28. The summed E-state index contributed by atoms with van der Waals surface area (Å²) in [6, 6.07) is 8.90. The van der Waals surface area contributed by atoms with Crippen molar-refractivity contribution in [2.75, 3.05) is 12.3 Å². The van der Waals surface area contributed by atoms with Crippen LogP contribution < -0.4 is 29.6 Å². The maximum absolute atomic E-state index is 10.7. The normalized spacial score (nSPS) is 16.8. The molecule has 1 aliphatic rings. The van der Waals surface area contributed by atoms with Gasteiger partial charge in [0, 0.05) is 24.5 Å². The first kappa shape index (κ1) is 17.9. The van der Waals surface area contributed by atoms with Crippen LogP contribution in [0.1, 0.15) is 32.8 Å². The van der Waals surface area contributed by atoms with Crippen molar-refractivity contribution in [1.29, 1.82) is 0 Å². The second-order valence-corrected chi connectivity index (χ2v) is 6.94. The second-order valence-electron chi connectivity index (χ2n) is 5.42. The zero-order valence-corrected chi connectivity index (χ0v) is 15.3. The van der Waals surface area contributed by atoms with Gasteiger partial charge in [-0.2, -0.15) is 18.2 Å². The Balaban J connectivity index is 0.00000200. The summed E-state index contributed by atoms with van der Waals surface area (Å²) in [6.45, 7) is 6.87. The largest absolute Gasteiger partial charge is 1.00 e. The first-order valence-corrected chi connectivity index (χ1v) is 7.87. The van der Waals surface area contributed by atoms with E-state index in [1.165, 1.54) is 11.3 Å². The molecule has 6 heteroatoms. The molecule has 20 heavy (non-hydrogen) atoms. The third kappa shape index (κ3) is 3.52. The molecule has 0 spiro atoms. The smallest absolute Gasteiger partial charge is 0.748 e. The SMILES string of the molecule is CC1=[N+](CCCS(=O)(=O)[O-])c2cc[c-]cc2C1(C)C.[Na+]. The van der Waals surface area contributed by atoms with Crippen LogP contribution in [0.2, 0.25) is 0 Å². The topological polar surface area (TPSA) is 60.2 Å². The van der Waals surface area contributed by atoms with Crippen molar-refractivity contribution >= 4 is 21.5 Å². The fourth-order valence-corrected chi connectivity index (χ4v) is 3.04. The zero-order chi connectivity index (χ0) is 14.3. The van der Waals surface area contributed by atoms with E-state index in [0.29, 0.717) is 13.0 Å². The maximum atomic E-state index is 10.7. The van der Waals surface area contributed by atoms with Crippen molar-refractivity contribution in [2.45, 2.75) is 32.6 Å². The molecule has 0 saturated carbocycles. The quantitative estimate of drug-likeness (QED) is 0.305. The van der Waals surface area contributed by atoms with Crippen LogP contribution in [0.4, 0.5) is 5.69 Å². The minimum absolute atomic E-state index is 0. The maximum Gasteiger partial charge on any atom is 1.00 e. The molecule has 0 radical (unpaired) electrons. The van der Waals surface area contributed by atoms with Gasteiger partial charge in [0.2, 0.25) is 0 Å². The van der Waals surface area contributed by atoms with Gasteiger partial charge in [0.05, 0.1) is 10.1 Å². The molecule has 0 bridgehead atoms. The van der Waals surface area contributed by atoms with E-state index in [1.807, 2.05) is 25.1 Å². The number of nitrogens with zero attached hydrogens (tertiary/aromatic N) is 1. The Kier molecular flexibility index (Phi) is 5.60. The van der Waals surface area contributed by atoms with E-state index < -0.39 is 10.1 Å². The molecule has 0 amide bonds. The molecule has 0 fully saturated rings. The first-order valence-electron chi connectivity index (χ1n) is 6.29. The molecule has 2 rings (SSSR count). The summed E-state index contributed by atoms with van der Waals surface area (Å²) in [5, 5.41) is 0.